The third kappa shape index (κ3) is 6.45. The second-order valence-electron chi connectivity index (χ2n) is 9.72. The van der Waals surface area contributed by atoms with Crippen molar-refractivity contribution in [3.8, 4) is 16.9 Å². The van der Waals surface area contributed by atoms with Gasteiger partial charge in [0, 0.05) is 5.56 Å². The molecule has 0 heterocycles. The maximum Gasteiger partial charge on any atom is 0.426 e. The summed E-state index contributed by atoms with van der Waals surface area (Å²) in [5, 5.41) is 0. The van der Waals surface area contributed by atoms with Gasteiger partial charge in [-0.05, 0) is 66.1 Å². The van der Waals surface area contributed by atoms with E-state index in [4.69, 9.17) is 4.74 Å². The van der Waals surface area contributed by atoms with Crippen molar-refractivity contribution in [3.05, 3.63) is 89.5 Å². The van der Waals surface area contributed by atoms with Crippen molar-refractivity contribution in [2.24, 2.45) is 11.8 Å². The summed E-state index contributed by atoms with van der Waals surface area (Å²) in [6.45, 7) is 2.25. The largest absolute Gasteiger partial charge is 0.428 e. The van der Waals surface area contributed by atoms with Crippen molar-refractivity contribution in [1.29, 1.82) is 0 Å². The minimum Gasteiger partial charge on any atom is -0.428 e. The predicted octanol–water partition coefficient (Wildman–Crippen LogP) is 9.65. The molecule has 1 nitrogen and oxygen atoms in total. The Morgan fingerprint density at radius 3 is 1.92 bits per heavy atom. The average Bonchev–Trinajstić information content (AvgIpc) is 2.88. The van der Waals surface area contributed by atoms with Gasteiger partial charge in [0.2, 0.25) is 0 Å². The topological polar surface area (TPSA) is 9.23 Å². The van der Waals surface area contributed by atoms with E-state index in [1.165, 1.54) is 62.4 Å². The van der Waals surface area contributed by atoms with E-state index in [2.05, 4.69) is 6.92 Å². The van der Waals surface area contributed by atoms with Gasteiger partial charge < -0.3 is 4.74 Å². The quantitative estimate of drug-likeness (QED) is 0.279. The van der Waals surface area contributed by atoms with Crippen LogP contribution in [-0.4, -0.2) is 0 Å². The normalized spacial score (nSPS) is 18.7. The molecular weight excluding hydrogens is 471 g/mol. The number of hydrogen-bond acceptors (Lipinski definition) is 1. The van der Waals surface area contributed by atoms with Crippen LogP contribution < -0.4 is 4.74 Å². The van der Waals surface area contributed by atoms with Gasteiger partial charge in [0.05, 0.1) is 11.1 Å². The van der Waals surface area contributed by atoms with E-state index >= 15 is 8.78 Å². The summed E-state index contributed by atoms with van der Waals surface area (Å²) in [4.78, 5) is 0. The van der Waals surface area contributed by atoms with Crippen LogP contribution in [0.15, 0.2) is 72.8 Å². The first kappa shape index (κ1) is 26.2. The van der Waals surface area contributed by atoms with Crippen molar-refractivity contribution in [2.45, 2.75) is 64.2 Å². The third-order valence-electron chi connectivity index (χ3n) is 7.32. The van der Waals surface area contributed by atoms with Crippen LogP contribution in [-0.2, 0) is 18.7 Å². The van der Waals surface area contributed by atoms with Crippen LogP contribution in [0.1, 0.15) is 62.1 Å². The van der Waals surface area contributed by atoms with E-state index in [-0.39, 0.29) is 11.3 Å². The maximum absolute atomic E-state index is 15.1. The van der Waals surface area contributed by atoms with Crippen molar-refractivity contribution in [2.75, 3.05) is 0 Å². The zero-order chi connectivity index (χ0) is 25.8. The fraction of sp³-hybridized carbons (Fsp3) is 0.400. The fourth-order valence-corrected chi connectivity index (χ4v) is 4.99. The molecule has 0 spiro atoms. The summed E-state index contributed by atoms with van der Waals surface area (Å²) in [5.74, 6) is 1.46. The molecule has 3 aromatic carbocycles. The highest BCUT2D eigenvalue weighted by Gasteiger charge is 2.35. The predicted molar refractivity (Wildman–Crippen MR) is 132 cm³/mol. The fourth-order valence-electron chi connectivity index (χ4n) is 4.99. The molecule has 0 unspecified atom stereocenters. The lowest BCUT2D eigenvalue weighted by Crippen LogP contribution is -2.22. The number of rotatable bonds is 8. The molecule has 1 fully saturated rings. The Morgan fingerprint density at radius 2 is 1.31 bits per heavy atom. The molecule has 0 atom stereocenters. The Bertz CT molecular complexity index is 1110. The molecule has 192 valence electrons. The molecule has 1 aliphatic rings. The minimum atomic E-state index is -4.47. The molecule has 4 rings (SSSR count). The van der Waals surface area contributed by atoms with Crippen molar-refractivity contribution in [1.82, 2.24) is 0 Å². The van der Waals surface area contributed by atoms with Crippen LogP contribution in [0.5, 0.6) is 5.75 Å². The molecule has 3 aromatic rings. The average molecular weight is 503 g/mol. The van der Waals surface area contributed by atoms with Gasteiger partial charge in [0.25, 0.3) is 0 Å². The molecule has 0 aliphatic heterocycles. The second kappa shape index (κ2) is 11.0. The van der Waals surface area contributed by atoms with Crippen LogP contribution in [0.2, 0.25) is 0 Å². The Balaban J connectivity index is 1.42. The van der Waals surface area contributed by atoms with E-state index in [0.29, 0.717) is 17.0 Å². The van der Waals surface area contributed by atoms with Gasteiger partial charge in [-0.2, -0.15) is 22.0 Å². The Labute approximate surface area is 209 Å². The summed E-state index contributed by atoms with van der Waals surface area (Å²) >= 11 is 0. The molecule has 36 heavy (non-hydrogen) atoms. The summed E-state index contributed by atoms with van der Waals surface area (Å²) in [6, 6.07) is 16.7. The van der Waals surface area contributed by atoms with E-state index in [0.717, 1.165) is 36.5 Å². The van der Waals surface area contributed by atoms with E-state index in [1.807, 2.05) is 0 Å². The third-order valence-corrected chi connectivity index (χ3v) is 7.32. The van der Waals surface area contributed by atoms with Crippen molar-refractivity contribution in [3.63, 3.8) is 0 Å². The van der Waals surface area contributed by atoms with Crippen LogP contribution in [0.25, 0.3) is 11.1 Å². The monoisotopic (exact) mass is 502 g/mol. The number of halogens is 5. The van der Waals surface area contributed by atoms with Gasteiger partial charge in [-0.25, -0.2) is 0 Å². The first-order chi connectivity index (χ1) is 17.2. The number of aryl methyl sites for hydroxylation is 1. The van der Waals surface area contributed by atoms with Crippen molar-refractivity contribution >= 4 is 0 Å². The molecule has 6 heteroatoms. The summed E-state index contributed by atoms with van der Waals surface area (Å²) in [6.07, 6.45) is 0.200. The zero-order valence-electron chi connectivity index (χ0n) is 20.3. The molecule has 0 N–H and O–H groups in total. The molecule has 0 saturated heterocycles. The molecule has 1 saturated carbocycles. The highest BCUT2D eigenvalue weighted by Crippen LogP contribution is 2.39. The lowest BCUT2D eigenvalue weighted by atomic mass is 9.78. The summed E-state index contributed by atoms with van der Waals surface area (Å²) in [7, 11) is 0. The van der Waals surface area contributed by atoms with Crippen LogP contribution in [0, 0.1) is 11.8 Å². The number of alkyl halides is 5. The molecule has 0 bridgehead atoms. The maximum atomic E-state index is 15.1. The minimum absolute atomic E-state index is 0.103. The zero-order valence-corrected chi connectivity index (χ0v) is 20.3. The highest BCUT2D eigenvalue weighted by molar-refractivity contribution is 5.70. The number of hydrogen-bond donors (Lipinski definition) is 0. The van der Waals surface area contributed by atoms with Gasteiger partial charge in [0.15, 0.2) is 0 Å². The summed E-state index contributed by atoms with van der Waals surface area (Å²) < 4.78 is 73.9. The van der Waals surface area contributed by atoms with E-state index in [9.17, 15) is 13.2 Å². The van der Waals surface area contributed by atoms with Gasteiger partial charge in [-0.1, -0.05) is 81.5 Å². The number of para-hydroxylation sites is 1. The molecule has 0 aromatic heterocycles. The molecule has 0 radical (unpaired) electrons. The first-order valence-corrected chi connectivity index (χ1v) is 12.6. The van der Waals surface area contributed by atoms with Crippen LogP contribution in [0.3, 0.4) is 0 Å². The number of ether oxygens (including phenoxy) is 1. The lowest BCUT2D eigenvalue weighted by molar-refractivity contribution is -0.185. The second-order valence-corrected chi connectivity index (χ2v) is 9.72. The van der Waals surface area contributed by atoms with Crippen LogP contribution in [0.4, 0.5) is 22.0 Å². The van der Waals surface area contributed by atoms with Crippen molar-refractivity contribution < 1.29 is 26.7 Å². The lowest BCUT2D eigenvalue weighted by Gasteiger charge is -2.27. The van der Waals surface area contributed by atoms with E-state index < -0.39 is 17.8 Å². The van der Waals surface area contributed by atoms with Gasteiger partial charge >= 0.3 is 12.3 Å². The molecular formula is C30H31F5O. The standard InChI is InChI=1S/C30H31F5O/c1-2-21-7-9-22(10-8-21)11-12-23-13-17-26(18-14-23)30(34,35)36-28-6-4-3-5-27(28)24-15-19-25(20-16-24)29(31,32)33/h3-6,13-22H,2,7-12H2,1H3/t21-,22-. The van der Waals surface area contributed by atoms with Gasteiger partial charge in [0.1, 0.15) is 5.75 Å². The van der Waals surface area contributed by atoms with E-state index in [1.54, 1.807) is 30.3 Å². The van der Waals surface area contributed by atoms with Gasteiger partial charge in [-0.15, -0.1) is 0 Å². The molecule has 0 amide bonds. The Morgan fingerprint density at radius 1 is 0.722 bits per heavy atom. The van der Waals surface area contributed by atoms with Gasteiger partial charge in [-0.3, -0.25) is 0 Å². The first-order valence-electron chi connectivity index (χ1n) is 12.6. The van der Waals surface area contributed by atoms with Crippen LogP contribution >= 0.6 is 0 Å². The Hall–Kier alpha value is -2.89. The SMILES string of the molecule is CC[C@H]1CC[C@H](CCc2ccc(C(F)(F)Oc3ccccc3-c3ccc(C(F)(F)F)cc3)cc2)CC1. The number of benzene rings is 3. The Kier molecular flexibility index (Phi) is 8.01. The molecule has 1 aliphatic carbocycles. The smallest absolute Gasteiger partial charge is 0.426 e. The highest BCUT2D eigenvalue weighted by atomic mass is 19.4. The summed E-state index contributed by atoms with van der Waals surface area (Å²) in [5.41, 5.74) is 0.607.